The third-order valence-electron chi connectivity index (χ3n) is 3.57. The summed E-state index contributed by atoms with van der Waals surface area (Å²) in [4.78, 5) is 2.10. The fraction of sp³-hybridized carbons (Fsp3) is 0.500. The summed E-state index contributed by atoms with van der Waals surface area (Å²) < 4.78 is 0. The van der Waals surface area contributed by atoms with E-state index in [0.717, 1.165) is 17.7 Å². The monoisotopic (exact) mass is 265 g/mol. The number of oxime groups is 1. The van der Waals surface area contributed by atoms with Crippen LogP contribution >= 0.6 is 0 Å². The Balaban J connectivity index is 2.93. The van der Waals surface area contributed by atoms with Gasteiger partial charge in [0.2, 0.25) is 0 Å². The van der Waals surface area contributed by atoms with Crippen LogP contribution in [-0.2, 0) is 6.54 Å². The number of likely N-dealkylation sites (N-methyl/N-ethyl adjacent to an activating group) is 1. The summed E-state index contributed by atoms with van der Waals surface area (Å²) in [5.74, 6) is 0.110. The SMILES string of the molecule is Cc1cc(/C(N)=N/O)ccc1CN(C)C(C)(C)CO. The Kier molecular flexibility index (Phi) is 4.91. The van der Waals surface area contributed by atoms with Gasteiger partial charge >= 0.3 is 0 Å². The minimum Gasteiger partial charge on any atom is -0.409 e. The molecule has 0 heterocycles. The second-order valence-corrected chi connectivity index (χ2v) is 5.45. The fourth-order valence-corrected chi connectivity index (χ4v) is 1.68. The van der Waals surface area contributed by atoms with E-state index in [4.69, 9.17) is 10.9 Å². The first-order valence-electron chi connectivity index (χ1n) is 6.21. The number of nitrogens with zero attached hydrogens (tertiary/aromatic N) is 2. The molecule has 0 atom stereocenters. The maximum atomic E-state index is 9.36. The maximum Gasteiger partial charge on any atom is 0.170 e. The lowest BCUT2D eigenvalue weighted by Gasteiger charge is -2.34. The number of aryl methyl sites for hydroxylation is 1. The molecule has 0 amide bonds. The van der Waals surface area contributed by atoms with E-state index in [1.165, 1.54) is 0 Å². The highest BCUT2D eigenvalue weighted by Gasteiger charge is 2.22. The zero-order valence-corrected chi connectivity index (χ0v) is 12.0. The van der Waals surface area contributed by atoms with Gasteiger partial charge in [-0.3, -0.25) is 4.90 Å². The number of aliphatic hydroxyl groups excluding tert-OH is 1. The molecule has 0 fully saturated rings. The second-order valence-electron chi connectivity index (χ2n) is 5.45. The van der Waals surface area contributed by atoms with Gasteiger partial charge in [0, 0.05) is 17.6 Å². The normalized spacial score (nSPS) is 13.1. The molecule has 1 aromatic carbocycles. The summed E-state index contributed by atoms with van der Waals surface area (Å²) in [6, 6.07) is 5.69. The summed E-state index contributed by atoms with van der Waals surface area (Å²) in [5.41, 5.74) is 8.22. The van der Waals surface area contributed by atoms with Crippen molar-refractivity contribution in [2.45, 2.75) is 32.9 Å². The summed E-state index contributed by atoms with van der Waals surface area (Å²) in [7, 11) is 1.98. The van der Waals surface area contributed by atoms with Crippen molar-refractivity contribution in [3.63, 3.8) is 0 Å². The van der Waals surface area contributed by atoms with Crippen LogP contribution in [0.5, 0.6) is 0 Å². The van der Waals surface area contributed by atoms with Crippen molar-refractivity contribution >= 4 is 5.84 Å². The number of nitrogens with two attached hydrogens (primary N) is 1. The fourth-order valence-electron chi connectivity index (χ4n) is 1.68. The van der Waals surface area contributed by atoms with Crippen molar-refractivity contribution in [2.75, 3.05) is 13.7 Å². The van der Waals surface area contributed by atoms with Gasteiger partial charge in [-0.2, -0.15) is 0 Å². The predicted molar refractivity (Wildman–Crippen MR) is 76.3 cm³/mol. The van der Waals surface area contributed by atoms with Crippen LogP contribution in [0.25, 0.3) is 0 Å². The molecule has 0 spiro atoms. The molecule has 1 rings (SSSR count). The second kappa shape index (κ2) is 6.04. The minimum atomic E-state index is -0.267. The van der Waals surface area contributed by atoms with Crippen molar-refractivity contribution in [1.82, 2.24) is 4.90 Å². The molecular weight excluding hydrogens is 242 g/mol. The first-order chi connectivity index (χ1) is 8.81. The molecule has 0 bridgehead atoms. The van der Waals surface area contributed by atoms with E-state index in [9.17, 15) is 5.11 Å². The van der Waals surface area contributed by atoms with Gasteiger partial charge in [0.1, 0.15) is 0 Å². The maximum absolute atomic E-state index is 9.36. The standard InChI is InChI=1S/C14H23N3O2/c1-10-7-11(13(15)16-19)5-6-12(10)8-17(4)14(2,3)9-18/h5-7,18-19H,8-9H2,1-4H3,(H2,15,16). The Morgan fingerprint density at radius 3 is 2.53 bits per heavy atom. The van der Waals surface area contributed by atoms with Crippen LogP contribution in [-0.4, -0.2) is 40.2 Å². The van der Waals surface area contributed by atoms with E-state index in [-0.39, 0.29) is 18.0 Å². The summed E-state index contributed by atoms with van der Waals surface area (Å²) in [5, 5.41) is 21.0. The molecule has 0 aliphatic heterocycles. The first-order valence-corrected chi connectivity index (χ1v) is 6.21. The lowest BCUT2D eigenvalue weighted by atomic mass is 10.0. The van der Waals surface area contributed by atoms with Crippen LogP contribution < -0.4 is 5.73 Å². The van der Waals surface area contributed by atoms with Gasteiger partial charge < -0.3 is 16.0 Å². The van der Waals surface area contributed by atoms with Crippen molar-refractivity contribution in [3.05, 3.63) is 34.9 Å². The number of rotatable bonds is 5. The lowest BCUT2D eigenvalue weighted by molar-refractivity contribution is 0.0732. The van der Waals surface area contributed by atoms with E-state index in [1.807, 2.05) is 46.0 Å². The smallest absolute Gasteiger partial charge is 0.170 e. The molecule has 0 saturated carbocycles. The number of amidine groups is 1. The van der Waals surface area contributed by atoms with Crippen LogP contribution in [0.15, 0.2) is 23.4 Å². The van der Waals surface area contributed by atoms with Gasteiger partial charge in [0.25, 0.3) is 0 Å². The summed E-state index contributed by atoms with van der Waals surface area (Å²) >= 11 is 0. The Bertz CT molecular complexity index is 470. The van der Waals surface area contributed by atoms with E-state index in [2.05, 4.69) is 10.1 Å². The van der Waals surface area contributed by atoms with E-state index in [0.29, 0.717) is 5.56 Å². The molecule has 0 aliphatic carbocycles. The third-order valence-corrected chi connectivity index (χ3v) is 3.57. The van der Waals surface area contributed by atoms with Crippen LogP contribution in [0, 0.1) is 6.92 Å². The Morgan fingerprint density at radius 1 is 1.42 bits per heavy atom. The topological polar surface area (TPSA) is 82.1 Å². The highest BCUT2D eigenvalue weighted by atomic mass is 16.4. The number of aliphatic hydroxyl groups is 1. The molecule has 19 heavy (non-hydrogen) atoms. The van der Waals surface area contributed by atoms with Gasteiger partial charge in [-0.25, -0.2) is 0 Å². The first kappa shape index (κ1) is 15.5. The van der Waals surface area contributed by atoms with Crippen LogP contribution in [0.4, 0.5) is 0 Å². The molecule has 0 aromatic heterocycles. The van der Waals surface area contributed by atoms with Crippen LogP contribution in [0.1, 0.15) is 30.5 Å². The van der Waals surface area contributed by atoms with Crippen LogP contribution in [0.3, 0.4) is 0 Å². The molecule has 5 heteroatoms. The Hall–Kier alpha value is -1.59. The average molecular weight is 265 g/mol. The molecule has 0 aliphatic rings. The molecule has 5 nitrogen and oxygen atoms in total. The number of hydrogen-bond acceptors (Lipinski definition) is 4. The van der Waals surface area contributed by atoms with Gasteiger partial charge in [-0.15, -0.1) is 0 Å². The molecule has 0 radical (unpaired) electrons. The quantitative estimate of drug-likeness (QED) is 0.324. The van der Waals surface area contributed by atoms with Gasteiger partial charge in [-0.1, -0.05) is 17.3 Å². The Labute approximate surface area is 114 Å². The van der Waals surface area contributed by atoms with Crippen molar-refractivity contribution < 1.29 is 10.3 Å². The lowest BCUT2D eigenvalue weighted by Crippen LogP contribution is -2.43. The largest absolute Gasteiger partial charge is 0.409 e. The summed E-state index contributed by atoms with van der Waals surface area (Å²) in [6.45, 7) is 6.81. The highest BCUT2D eigenvalue weighted by Crippen LogP contribution is 2.18. The molecule has 106 valence electrons. The predicted octanol–water partition coefficient (Wildman–Crippen LogP) is 1.29. The molecular formula is C14H23N3O2. The zero-order chi connectivity index (χ0) is 14.6. The van der Waals surface area contributed by atoms with Crippen LogP contribution in [0.2, 0.25) is 0 Å². The molecule has 0 saturated heterocycles. The molecule has 0 unspecified atom stereocenters. The third kappa shape index (κ3) is 3.68. The highest BCUT2D eigenvalue weighted by molar-refractivity contribution is 5.97. The number of benzene rings is 1. The average Bonchev–Trinajstić information content (AvgIpc) is 2.39. The van der Waals surface area contributed by atoms with Gasteiger partial charge in [0.15, 0.2) is 5.84 Å². The van der Waals surface area contributed by atoms with Gasteiger partial charge in [0.05, 0.1) is 6.61 Å². The van der Waals surface area contributed by atoms with E-state index < -0.39 is 0 Å². The van der Waals surface area contributed by atoms with Crippen molar-refractivity contribution in [3.8, 4) is 0 Å². The zero-order valence-electron chi connectivity index (χ0n) is 12.0. The minimum absolute atomic E-state index is 0.102. The van der Waals surface area contributed by atoms with Crippen molar-refractivity contribution in [1.29, 1.82) is 0 Å². The van der Waals surface area contributed by atoms with Gasteiger partial charge in [-0.05, 0) is 45.0 Å². The Morgan fingerprint density at radius 2 is 2.05 bits per heavy atom. The van der Waals surface area contributed by atoms with E-state index in [1.54, 1.807) is 0 Å². The van der Waals surface area contributed by atoms with Crippen molar-refractivity contribution in [2.24, 2.45) is 10.9 Å². The molecule has 4 N–H and O–H groups in total. The van der Waals surface area contributed by atoms with E-state index >= 15 is 0 Å². The summed E-state index contributed by atoms with van der Waals surface area (Å²) in [6.07, 6.45) is 0. The number of hydrogen-bond donors (Lipinski definition) is 3. The molecule has 1 aromatic rings.